The van der Waals surface area contributed by atoms with Crippen molar-refractivity contribution in [1.82, 2.24) is 50.2 Å². The highest BCUT2D eigenvalue weighted by molar-refractivity contribution is 6.00. The second-order valence-corrected chi connectivity index (χ2v) is 6.82. The number of fused-ring (bicyclic) bond motifs is 1. The predicted octanol–water partition coefficient (Wildman–Crippen LogP) is 2.06. The number of hydrogen-bond donors (Lipinski definition) is 3. The Morgan fingerprint density at radius 2 is 2.09 bits per heavy atom. The Kier molecular flexibility index (Phi) is 4.74. The van der Waals surface area contributed by atoms with E-state index < -0.39 is 6.03 Å². The van der Waals surface area contributed by atoms with Gasteiger partial charge in [-0.05, 0) is 37.6 Å². The highest BCUT2D eigenvalue weighted by Crippen LogP contribution is 2.26. The summed E-state index contributed by atoms with van der Waals surface area (Å²) in [6.07, 6.45) is 4.93. The van der Waals surface area contributed by atoms with Crippen LogP contribution in [0, 0.1) is 6.92 Å². The Balaban J connectivity index is 1.57. The molecule has 0 saturated heterocycles. The zero-order valence-corrected chi connectivity index (χ0v) is 17.2. The summed E-state index contributed by atoms with van der Waals surface area (Å²) >= 11 is 0. The fourth-order valence-corrected chi connectivity index (χ4v) is 3.25. The monoisotopic (exact) mass is 430 g/mol. The Bertz CT molecular complexity index is 1370. The van der Waals surface area contributed by atoms with Gasteiger partial charge in [0.05, 0.1) is 6.20 Å². The van der Waals surface area contributed by atoms with E-state index in [0.717, 1.165) is 11.1 Å². The van der Waals surface area contributed by atoms with E-state index >= 15 is 0 Å². The summed E-state index contributed by atoms with van der Waals surface area (Å²) in [5.41, 5.74) is 2.90. The van der Waals surface area contributed by atoms with Gasteiger partial charge in [0.2, 0.25) is 0 Å². The van der Waals surface area contributed by atoms with Crippen molar-refractivity contribution >= 4 is 23.4 Å². The Hall–Kier alpha value is -4.68. The van der Waals surface area contributed by atoms with Crippen LogP contribution in [0.1, 0.15) is 12.7 Å². The molecule has 5 aromatic heterocycles. The molecule has 5 aromatic rings. The first kappa shape index (κ1) is 19.3. The van der Waals surface area contributed by atoms with E-state index in [1.807, 2.05) is 38.1 Å². The number of nitrogens with one attached hydrogen (secondary N) is 3. The van der Waals surface area contributed by atoms with Crippen LogP contribution < -0.4 is 10.2 Å². The molecule has 2 amide bonds. The summed E-state index contributed by atoms with van der Waals surface area (Å²) in [4.78, 5) is 27.3. The van der Waals surface area contributed by atoms with E-state index in [1.54, 1.807) is 16.9 Å². The number of pyridine rings is 2. The third kappa shape index (κ3) is 3.51. The molecular weight excluding hydrogens is 412 g/mol. The molecule has 0 atom stereocenters. The van der Waals surface area contributed by atoms with Gasteiger partial charge in [-0.15, -0.1) is 10.2 Å². The summed E-state index contributed by atoms with van der Waals surface area (Å²) in [5, 5.41) is 24.5. The quantitative estimate of drug-likeness (QED) is 0.382. The standard InChI is InChI=1S/C19H18N12O/c1-3-30(16-10-21-29-26-16)19(32)24-18-23-15-8-13(12-5-4-6-20-9-12)7-14(31(15)28-18)17-22-11(2)25-27-17/h4-10H,3H2,1-2H3,(H,21,26,29)(H,22,25,27)(H,24,28,32). The SMILES string of the molecule is CCN(C(=O)Nc1nc2cc(-c3cccnc3)cc(-c3n[nH]c(C)n3)n2n1)c1cn[nH]n1. The van der Waals surface area contributed by atoms with Gasteiger partial charge in [-0.1, -0.05) is 6.07 Å². The van der Waals surface area contributed by atoms with E-state index in [2.05, 4.69) is 51.0 Å². The number of aromatic nitrogens is 10. The largest absolute Gasteiger partial charge is 0.330 e. The van der Waals surface area contributed by atoms with Crippen molar-refractivity contribution in [3.63, 3.8) is 0 Å². The average molecular weight is 430 g/mol. The van der Waals surface area contributed by atoms with Gasteiger partial charge in [0.1, 0.15) is 11.5 Å². The van der Waals surface area contributed by atoms with Crippen LogP contribution in [0.3, 0.4) is 0 Å². The lowest BCUT2D eigenvalue weighted by Gasteiger charge is -2.16. The normalized spacial score (nSPS) is 11.1. The molecule has 32 heavy (non-hydrogen) atoms. The van der Waals surface area contributed by atoms with Crippen molar-refractivity contribution in [2.75, 3.05) is 16.8 Å². The second-order valence-electron chi connectivity index (χ2n) is 6.82. The first-order chi connectivity index (χ1) is 15.6. The van der Waals surface area contributed by atoms with Gasteiger partial charge in [0.15, 0.2) is 17.3 Å². The van der Waals surface area contributed by atoms with Crippen molar-refractivity contribution in [2.24, 2.45) is 0 Å². The van der Waals surface area contributed by atoms with Crippen molar-refractivity contribution in [3.8, 4) is 22.6 Å². The van der Waals surface area contributed by atoms with E-state index in [4.69, 9.17) is 0 Å². The van der Waals surface area contributed by atoms with Gasteiger partial charge in [0.25, 0.3) is 5.95 Å². The first-order valence-electron chi connectivity index (χ1n) is 9.77. The number of H-pyrrole nitrogens is 2. The van der Waals surface area contributed by atoms with Crippen molar-refractivity contribution in [2.45, 2.75) is 13.8 Å². The molecule has 0 saturated carbocycles. The van der Waals surface area contributed by atoms with Gasteiger partial charge in [-0.25, -0.2) is 14.3 Å². The highest BCUT2D eigenvalue weighted by Gasteiger charge is 2.20. The van der Waals surface area contributed by atoms with E-state index in [0.29, 0.717) is 35.4 Å². The summed E-state index contributed by atoms with van der Waals surface area (Å²) < 4.78 is 1.59. The maximum atomic E-state index is 12.8. The van der Waals surface area contributed by atoms with Gasteiger partial charge in [-0.3, -0.25) is 20.3 Å². The number of carbonyl (C=O) groups is 1. The Morgan fingerprint density at radius 3 is 2.78 bits per heavy atom. The zero-order chi connectivity index (χ0) is 22.1. The minimum Gasteiger partial charge on any atom is -0.276 e. The van der Waals surface area contributed by atoms with E-state index in [-0.39, 0.29) is 5.95 Å². The van der Waals surface area contributed by atoms with Gasteiger partial charge in [-0.2, -0.15) is 20.4 Å². The molecule has 0 aromatic carbocycles. The molecule has 0 unspecified atom stereocenters. The molecule has 0 fully saturated rings. The van der Waals surface area contributed by atoms with Crippen LogP contribution in [0.15, 0.2) is 42.9 Å². The van der Waals surface area contributed by atoms with Crippen LogP contribution in [-0.2, 0) is 0 Å². The first-order valence-corrected chi connectivity index (χ1v) is 9.77. The number of carbonyl (C=O) groups excluding carboxylic acids is 1. The van der Waals surface area contributed by atoms with E-state index in [1.165, 1.54) is 11.1 Å². The molecule has 0 bridgehead atoms. The molecule has 0 aliphatic carbocycles. The molecule has 0 aliphatic rings. The van der Waals surface area contributed by atoms with Crippen LogP contribution in [-0.4, -0.2) is 62.7 Å². The molecule has 5 heterocycles. The van der Waals surface area contributed by atoms with Gasteiger partial charge in [0, 0.05) is 24.5 Å². The van der Waals surface area contributed by atoms with Gasteiger partial charge >= 0.3 is 6.03 Å². The van der Waals surface area contributed by atoms with Crippen molar-refractivity contribution < 1.29 is 4.79 Å². The molecule has 160 valence electrons. The molecule has 13 nitrogen and oxygen atoms in total. The Labute approximate surface area is 180 Å². The zero-order valence-electron chi connectivity index (χ0n) is 17.2. The van der Waals surface area contributed by atoms with Crippen LogP contribution in [0.5, 0.6) is 0 Å². The van der Waals surface area contributed by atoms with Crippen molar-refractivity contribution in [1.29, 1.82) is 0 Å². The fourth-order valence-electron chi connectivity index (χ4n) is 3.25. The predicted molar refractivity (Wildman–Crippen MR) is 115 cm³/mol. The number of anilines is 2. The summed E-state index contributed by atoms with van der Waals surface area (Å²) in [6, 6.07) is 7.13. The summed E-state index contributed by atoms with van der Waals surface area (Å²) in [6.45, 7) is 4.03. The summed E-state index contributed by atoms with van der Waals surface area (Å²) in [5.74, 6) is 1.65. The second kappa shape index (κ2) is 7.86. The Morgan fingerprint density at radius 1 is 1.19 bits per heavy atom. The minimum absolute atomic E-state index is 0.133. The number of nitrogens with zero attached hydrogens (tertiary/aromatic N) is 9. The minimum atomic E-state index is -0.430. The summed E-state index contributed by atoms with van der Waals surface area (Å²) in [7, 11) is 0. The molecule has 0 radical (unpaired) electrons. The molecule has 13 heteroatoms. The molecule has 0 spiro atoms. The number of amides is 2. The number of aromatic amines is 2. The smallest absolute Gasteiger partial charge is 0.276 e. The van der Waals surface area contributed by atoms with Gasteiger partial charge < -0.3 is 0 Å². The molecule has 0 aliphatic heterocycles. The lowest BCUT2D eigenvalue weighted by molar-refractivity contribution is 0.257. The third-order valence-corrected chi connectivity index (χ3v) is 4.72. The lowest BCUT2D eigenvalue weighted by atomic mass is 10.1. The molecule has 5 rings (SSSR count). The molecular formula is C19H18N12O. The van der Waals surface area contributed by atoms with Crippen LogP contribution in [0.4, 0.5) is 16.6 Å². The number of urea groups is 1. The topological polar surface area (TPSA) is 159 Å². The number of aryl methyl sites for hydroxylation is 1. The number of rotatable bonds is 5. The average Bonchev–Trinajstić information content (AvgIpc) is 3.55. The maximum Gasteiger partial charge on any atom is 0.330 e. The van der Waals surface area contributed by atoms with Crippen molar-refractivity contribution in [3.05, 3.63) is 48.7 Å². The van der Waals surface area contributed by atoms with Crippen LogP contribution in [0.25, 0.3) is 28.3 Å². The van der Waals surface area contributed by atoms with E-state index in [9.17, 15) is 4.79 Å². The van der Waals surface area contributed by atoms with Crippen LogP contribution >= 0.6 is 0 Å². The third-order valence-electron chi connectivity index (χ3n) is 4.72. The highest BCUT2D eigenvalue weighted by atomic mass is 16.2. The molecule has 3 N–H and O–H groups in total. The number of hydrogen-bond acceptors (Lipinski definition) is 8. The fraction of sp³-hybridized carbons (Fsp3) is 0.158. The van der Waals surface area contributed by atoms with Crippen LogP contribution in [0.2, 0.25) is 0 Å². The maximum absolute atomic E-state index is 12.8. The lowest BCUT2D eigenvalue weighted by Crippen LogP contribution is -2.35.